The molecule has 1 heterocycles. The molecule has 3 amide bonds. The molecule has 6 heteroatoms. The van der Waals surface area contributed by atoms with Crippen molar-refractivity contribution < 1.29 is 14.4 Å². The van der Waals surface area contributed by atoms with Gasteiger partial charge < -0.3 is 5.32 Å². The van der Waals surface area contributed by atoms with Crippen LogP contribution in [0.2, 0.25) is 0 Å². The van der Waals surface area contributed by atoms with Crippen molar-refractivity contribution in [1.29, 1.82) is 0 Å². The highest BCUT2D eigenvalue weighted by atomic mass is 32.2. The molecule has 0 aliphatic carbocycles. The molecule has 1 fully saturated rings. The second-order valence-electron chi connectivity index (χ2n) is 6.70. The summed E-state index contributed by atoms with van der Waals surface area (Å²) in [7, 11) is 0. The maximum absolute atomic E-state index is 12.7. The molecule has 1 aliphatic rings. The number of carbonyl (C=O) groups excluding carboxylic acids is 3. The zero-order valence-corrected chi connectivity index (χ0v) is 16.5. The SMILES string of the molecule is Cc1ccccc1NC(=O)CN1C(=O)S/C(=C/c2cccc3ccccc23)C1=O. The van der Waals surface area contributed by atoms with E-state index in [0.717, 1.165) is 38.6 Å². The van der Waals surface area contributed by atoms with E-state index >= 15 is 0 Å². The number of hydrogen-bond donors (Lipinski definition) is 1. The van der Waals surface area contributed by atoms with Crippen LogP contribution in [0.1, 0.15) is 11.1 Å². The number of nitrogens with zero attached hydrogens (tertiary/aromatic N) is 1. The van der Waals surface area contributed by atoms with E-state index in [1.165, 1.54) is 0 Å². The molecule has 0 spiro atoms. The Morgan fingerprint density at radius 1 is 1.00 bits per heavy atom. The van der Waals surface area contributed by atoms with Crippen molar-refractivity contribution in [3.05, 3.63) is 82.8 Å². The second-order valence-corrected chi connectivity index (χ2v) is 7.69. The molecule has 1 saturated heterocycles. The van der Waals surface area contributed by atoms with Crippen molar-refractivity contribution in [3.8, 4) is 0 Å². The van der Waals surface area contributed by atoms with Crippen molar-refractivity contribution in [2.45, 2.75) is 6.92 Å². The molecule has 3 aromatic rings. The van der Waals surface area contributed by atoms with Crippen LogP contribution in [0.25, 0.3) is 16.8 Å². The van der Waals surface area contributed by atoms with Crippen molar-refractivity contribution in [2.75, 3.05) is 11.9 Å². The predicted octanol–water partition coefficient (Wildman–Crippen LogP) is 4.82. The van der Waals surface area contributed by atoms with Crippen LogP contribution in [-0.4, -0.2) is 28.5 Å². The summed E-state index contributed by atoms with van der Waals surface area (Å²) < 4.78 is 0. The van der Waals surface area contributed by atoms with E-state index in [4.69, 9.17) is 0 Å². The Labute approximate surface area is 172 Å². The minimum atomic E-state index is -0.451. The zero-order valence-electron chi connectivity index (χ0n) is 15.7. The molecule has 4 rings (SSSR count). The van der Waals surface area contributed by atoms with Crippen molar-refractivity contribution in [2.24, 2.45) is 0 Å². The van der Waals surface area contributed by atoms with Gasteiger partial charge in [-0.3, -0.25) is 19.3 Å². The molecule has 1 N–H and O–H groups in total. The number of fused-ring (bicyclic) bond motifs is 1. The maximum Gasteiger partial charge on any atom is 0.294 e. The number of imide groups is 1. The number of amides is 3. The monoisotopic (exact) mass is 402 g/mol. The van der Waals surface area contributed by atoms with Gasteiger partial charge in [0.25, 0.3) is 11.1 Å². The molecule has 144 valence electrons. The van der Waals surface area contributed by atoms with Crippen LogP contribution in [0.15, 0.2) is 71.6 Å². The molecule has 1 aliphatic heterocycles. The first-order valence-electron chi connectivity index (χ1n) is 9.11. The zero-order chi connectivity index (χ0) is 20.4. The first kappa shape index (κ1) is 19.0. The number of carbonyl (C=O) groups is 3. The quantitative estimate of drug-likeness (QED) is 0.635. The fourth-order valence-corrected chi connectivity index (χ4v) is 4.03. The summed E-state index contributed by atoms with van der Waals surface area (Å²) in [4.78, 5) is 38.8. The highest BCUT2D eigenvalue weighted by Gasteiger charge is 2.36. The molecular formula is C23H18N2O3S. The molecular weight excluding hydrogens is 384 g/mol. The maximum atomic E-state index is 12.7. The van der Waals surface area contributed by atoms with Crippen molar-refractivity contribution >= 4 is 51.4 Å². The van der Waals surface area contributed by atoms with Gasteiger partial charge in [0.2, 0.25) is 5.91 Å². The van der Waals surface area contributed by atoms with Gasteiger partial charge in [-0.1, -0.05) is 60.7 Å². The highest BCUT2D eigenvalue weighted by Crippen LogP contribution is 2.33. The smallest absolute Gasteiger partial charge is 0.294 e. The summed E-state index contributed by atoms with van der Waals surface area (Å²) in [5.74, 6) is -0.860. The second kappa shape index (κ2) is 7.93. The van der Waals surface area contributed by atoms with E-state index in [-0.39, 0.29) is 6.54 Å². The van der Waals surface area contributed by atoms with Crippen LogP contribution in [0.5, 0.6) is 0 Å². The third-order valence-electron chi connectivity index (χ3n) is 4.70. The fourth-order valence-electron chi connectivity index (χ4n) is 3.20. The van der Waals surface area contributed by atoms with E-state index in [1.54, 1.807) is 12.1 Å². The first-order valence-corrected chi connectivity index (χ1v) is 9.93. The van der Waals surface area contributed by atoms with Gasteiger partial charge in [-0.2, -0.15) is 0 Å². The van der Waals surface area contributed by atoms with Gasteiger partial charge in [0, 0.05) is 5.69 Å². The average Bonchev–Trinajstić information content (AvgIpc) is 2.97. The molecule has 0 aromatic heterocycles. The topological polar surface area (TPSA) is 66.5 Å². The van der Waals surface area contributed by atoms with Crippen LogP contribution < -0.4 is 5.32 Å². The summed E-state index contributed by atoms with van der Waals surface area (Å²) in [6.07, 6.45) is 1.71. The van der Waals surface area contributed by atoms with Gasteiger partial charge >= 0.3 is 0 Å². The van der Waals surface area contributed by atoms with Crippen LogP contribution in [0.3, 0.4) is 0 Å². The molecule has 0 atom stereocenters. The van der Waals surface area contributed by atoms with Gasteiger partial charge in [-0.25, -0.2) is 0 Å². The first-order chi connectivity index (χ1) is 14.0. The van der Waals surface area contributed by atoms with Crippen LogP contribution in [0.4, 0.5) is 10.5 Å². The minimum absolute atomic E-state index is 0.314. The van der Waals surface area contributed by atoms with Gasteiger partial charge in [0.15, 0.2) is 0 Å². The summed E-state index contributed by atoms with van der Waals surface area (Å²) in [6, 6.07) is 21.0. The van der Waals surface area contributed by atoms with Gasteiger partial charge in [0.05, 0.1) is 4.91 Å². The van der Waals surface area contributed by atoms with Gasteiger partial charge in [-0.05, 0) is 52.7 Å². The van der Waals surface area contributed by atoms with E-state index in [1.807, 2.05) is 67.6 Å². The lowest BCUT2D eigenvalue weighted by molar-refractivity contribution is -0.127. The summed E-state index contributed by atoms with van der Waals surface area (Å²) in [5.41, 5.74) is 2.43. The molecule has 0 saturated carbocycles. The Morgan fingerprint density at radius 2 is 1.72 bits per heavy atom. The number of rotatable bonds is 4. The lowest BCUT2D eigenvalue weighted by atomic mass is 10.0. The van der Waals surface area contributed by atoms with Gasteiger partial charge in [0.1, 0.15) is 6.54 Å². The van der Waals surface area contributed by atoms with Crippen molar-refractivity contribution in [3.63, 3.8) is 0 Å². The van der Waals surface area contributed by atoms with Crippen molar-refractivity contribution in [1.82, 2.24) is 4.90 Å². The number of hydrogen-bond acceptors (Lipinski definition) is 4. The van der Waals surface area contributed by atoms with E-state index in [2.05, 4.69) is 5.32 Å². The predicted molar refractivity (Wildman–Crippen MR) is 116 cm³/mol. The summed E-state index contributed by atoms with van der Waals surface area (Å²) in [6.45, 7) is 1.56. The Balaban J connectivity index is 1.53. The Hall–Kier alpha value is -3.38. The van der Waals surface area contributed by atoms with Crippen LogP contribution in [-0.2, 0) is 9.59 Å². The number of nitrogens with one attached hydrogen (secondary N) is 1. The highest BCUT2D eigenvalue weighted by molar-refractivity contribution is 8.18. The minimum Gasteiger partial charge on any atom is -0.324 e. The average molecular weight is 402 g/mol. The Kier molecular flexibility index (Phi) is 5.18. The fraction of sp³-hybridized carbons (Fsp3) is 0.0870. The Morgan fingerprint density at radius 3 is 2.55 bits per heavy atom. The van der Waals surface area contributed by atoms with E-state index < -0.39 is 17.1 Å². The van der Waals surface area contributed by atoms with E-state index in [9.17, 15) is 14.4 Å². The Bertz CT molecular complexity index is 1160. The number of anilines is 1. The van der Waals surface area contributed by atoms with Crippen LogP contribution >= 0.6 is 11.8 Å². The molecule has 29 heavy (non-hydrogen) atoms. The standard InChI is InChI=1S/C23H18N2O3S/c1-15-7-2-5-12-19(15)24-21(26)14-25-22(27)20(29-23(25)28)13-17-10-6-9-16-8-3-4-11-18(16)17/h2-13H,14H2,1H3,(H,24,26)/b20-13+. The number of benzene rings is 3. The molecule has 0 radical (unpaired) electrons. The third kappa shape index (κ3) is 3.93. The number of thioether (sulfide) groups is 1. The lowest BCUT2D eigenvalue weighted by Gasteiger charge is -2.13. The molecule has 3 aromatic carbocycles. The molecule has 0 bridgehead atoms. The molecule has 5 nitrogen and oxygen atoms in total. The largest absolute Gasteiger partial charge is 0.324 e. The third-order valence-corrected chi connectivity index (χ3v) is 5.61. The number of aryl methyl sites for hydroxylation is 1. The van der Waals surface area contributed by atoms with Gasteiger partial charge in [-0.15, -0.1) is 0 Å². The normalized spacial score (nSPS) is 15.3. The van der Waals surface area contributed by atoms with E-state index in [0.29, 0.717) is 10.6 Å². The summed E-state index contributed by atoms with van der Waals surface area (Å²) in [5, 5.41) is 4.36. The molecule has 0 unspecified atom stereocenters. The lowest BCUT2D eigenvalue weighted by Crippen LogP contribution is -2.36. The number of para-hydroxylation sites is 1. The van der Waals surface area contributed by atoms with Crippen LogP contribution in [0, 0.1) is 6.92 Å². The summed E-state index contributed by atoms with van der Waals surface area (Å²) >= 11 is 0.855.